The summed E-state index contributed by atoms with van der Waals surface area (Å²) in [5, 5.41) is 0. The summed E-state index contributed by atoms with van der Waals surface area (Å²) >= 11 is 3.45. The van der Waals surface area contributed by atoms with E-state index in [0.717, 1.165) is 10.0 Å². The van der Waals surface area contributed by atoms with Crippen LogP contribution < -0.4 is 19.9 Å². The zero-order valence-corrected chi connectivity index (χ0v) is 11.1. The minimum atomic E-state index is -0.505. The second-order valence-electron chi connectivity index (χ2n) is 4.23. The summed E-state index contributed by atoms with van der Waals surface area (Å²) in [5.41, 5.74) is 6.47. The molecule has 0 bridgehead atoms. The lowest BCUT2D eigenvalue weighted by Gasteiger charge is -2.23. The highest BCUT2D eigenvalue weighted by molar-refractivity contribution is 9.10. The standard InChI is InChI=1S/C11H14BrNO3/c1-11(2,13)6-4-7-10(16-5-15-7)8(12)9(6)14-3/h4H,5,13H2,1-3H3. The van der Waals surface area contributed by atoms with Crippen molar-refractivity contribution in [3.8, 4) is 17.2 Å². The molecule has 2 N–H and O–H groups in total. The molecule has 5 heteroatoms. The molecule has 2 rings (SSSR count). The SMILES string of the molecule is COc1c(C(C)(C)N)cc2c(c1Br)OCO2. The van der Waals surface area contributed by atoms with Crippen molar-refractivity contribution >= 4 is 15.9 Å². The van der Waals surface area contributed by atoms with Gasteiger partial charge < -0.3 is 19.9 Å². The third-order valence-electron chi connectivity index (χ3n) is 2.46. The van der Waals surface area contributed by atoms with Crippen molar-refractivity contribution in [1.29, 1.82) is 0 Å². The van der Waals surface area contributed by atoms with Crippen LogP contribution in [-0.2, 0) is 5.54 Å². The number of ether oxygens (including phenoxy) is 3. The first-order valence-electron chi connectivity index (χ1n) is 4.90. The number of rotatable bonds is 2. The summed E-state index contributed by atoms with van der Waals surface area (Å²) in [6.07, 6.45) is 0. The molecule has 88 valence electrons. The molecule has 16 heavy (non-hydrogen) atoms. The third-order valence-corrected chi connectivity index (χ3v) is 3.18. The normalized spacial score (nSPS) is 14.1. The van der Waals surface area contributed by atoms with Gasteiger partial charge in [0.25, 0.3) is 0 Å². The zero-order valence-electron chi connectivity index (χ0n) is 9.46. The quantitative estimate of drug-likeness (QED) is 0.907. The number of fused-ring (bicyclic) bond motifs is 1. The lowest BCUT2D eigenvalue weighted by atomic mass is 9.94. The van der Waals surface area contributed by atoms with Crippen LogP contribution in [-0.4, -0.2) is 13.9 Å². The van der Waals surface area contributed by atoms with Crippen LogP contribution in [0.2, 0.25) is 0 Å². The van der Waals surface area contributed by atoms with E-state index in [2.05, 4.69) is 15.9 Å². The first-order chi connectivity index (χ1) is 7.45. The molecular weight excluding hydrogens is 274 g/mol. The maximum Gasteiger partial charge on any atom is 0.231 e. The molecule has 1 aromatic rings. The van der Waals surface area contributed by atoms with E-state index in [1.165, 1.54) is 0 Å². The second kappa shape index (κ2) is 3.82. The highest BCUT2D eigenvalue weighted by atomic mass is 79.9. The summed E-state index contributed by atoms with van der Waals surface area (Å²) in [6.45, 7) is 4.06. The van der Waals surface area contributed by atoms with Gasteiger partial charge in [0.2, 0.25) is 6.79 Å². The van der Waals surface area contributed by atoms with Crippen molar-refractivity contribution in [2.45, 2.75) is 19.4 Å². The predicted octanol–water partition coefficient (Wildman–Crippen LogP) is 2.38. The average molecular weight is 288 g/mol. The monoisotopic (exact) mass is 287 g/mol. The van der Waals surface area contributed by atoms with Gasteiger partial charge in [0.1, 0.15) is 10.2 Å². The molecule has 0 fully saturated rings. The highest BCUT2D eigenvalue weighted by Crippen LogP contribution is 2.48. The van der Waals surface area contributed by atoms with Crippen LogP contribution in [0.5, 0.6) is 17.2 Å². The molecule has 0 radical (unpaired) electrons. The summed E-state index contributed by atoms with van der Waals surface area (Å²) in [7, 11) is 1.61. The van der Waals surface area contributed by atoms with Crippen molar-refractivity contribution in [3.63, 3.8) is 0 Å². The number of benzene rings is 1. The Morgan fingerprint density at radius 2 is 2.12 bits per heavy atom. The molecular formula is C11H14BrNO3. The molecule has 1 aromatic carbocycles. The van der Waals surface area contributed by atoms with Gasteiger partial charge in [-0.2, -0.15) is 0 Å². The number of methoxy groups -OCH3 is 1. The minimum Gasteiger partial charge on any atom is -0.495 e. The maximum atomic E-state index is 6.10. The Kier molecular flexibility index (Phi) is 2.75. The summed E-state index contributed by atoms with van der Waals surface area (Å²) in [5.74, 6) is 2.06. The van der Waals surface area contributed by atoms with Crippen LogP contribution in [0.3, 0.4) is 0 Å². The molecule has 4 nitrogen and oxygen atoms in total. The first kappa shape index (κ1) is 11.5. The van der Waals surface area contributed by atoms with Gasteiger partial charge in [0.15, 0.2) is 11.5 Å². The van der Waals surface area contributed by atoms with Gasteiger partial charge in [-0.15, -0.1) is 0 Å². The summed E-state index contributed by atoms with van der Waals surface area (Å²) in [6, 6.07) is 1.87. The summed E-state index contributed by atoms with van der Waals surface area (Å²) < 4.78 is 16.8. The average Bonchev–Trinajstić information content (AvgIpc) is 2.64. The van der Waals surface area contributed by atoms with Crippen molar-refractivity contribution in [1.82, 2.24) is 0 Å². The Balaban J connectivity index is 2.66. The van der Waals surface area contributed by atoms with Crippen molar-refractivity contribution in [2.24, 2.45) is 5.73 Å². The van der Waals surface area contributed by atoms with Crippen molar-refractivity contribution in [3.05, 3.63) is 16.1 Å². The van der Waals surface area contributed by atoms with Gasteiger partial charge in [0.05, 0.1) is 7.11 Å². The van der Waals surface area contributed by atoms with Crippen LogP contribution in [0.4, 0.5) is 0 Å². The van der Waals surface area contributed by atoms with Gasteiger partial charge in [-0.3, -0.25) is 0 Å². The van der Waals surface area contributed by atoms with E-state index in [0.29, 0.717) is 17.2 Å². The minimum absolute atomic E-state index is 0.228. The summed E-state index contributed by atoms with van der Waals surface area (Å²) in [4.78, 5) is 0. The van der Waals surface area contributed by atoms with Gasteiger partial charge in [-0.1, -0.05) is 0 Å². The molecule has 0 aromatic heterocycles. The van der Waals surface area contributed by atoms with E-state index in [1.54, 1.807) is 7.11 Å². The van der Waals surface area contributed by atoms with Crippen LogP contribution in [0.25, 0.3) is 0 Å². The van der Waals surface area contributed by atoms with E-state index >= 15 is 0 Å². The molecule has 0 aliphatic carbocycles. The lowest BCUT2D eigenvalue weighted by molar-refractivity contribution is 0.173. The lowest BCUT2D eigenvalue weighted by Crippen LogP contribution is -2.29. The van der Waals surface area contributed by atoms with Gasteiger partial charge in [-0.05, 0) is 35.8 Å². The number of hydrogen-bond acceptors (Lipinski definition) is 4. The fourth-order valence-corrected chi connectivity index (χ4v) is 2.35. The topological polar surface area (TPSA) is 53.7 Å². The van der Waals surface area contributed by atoms with Crippen LogP contribution >= 0.6 is 15.9 Å². The van der Waals surface area contributed by atoms with Gasteiger partial charge in [0, 0.05) is 11.1 Å². The molecule has 0 saturated heterocycles. The Morgan fingerprint density at radius 1 is 1.44 bits per heavy atom. The molecule has 1 aliphatic rings. The third kappa shape index (κ3) is 1.74. The van der Waals surface area contributed by atoms with Crippen LogP contribution in [0.1, 0.15) is 19.4 Å². The van der Waals surface area contributed by atoms with E-state index in [4.69, 9.17) is 19.9 Å². The fourth-order valence-electron chi connectivity index (χ4n) is 1.66. The smallest absolute Gasteiger partial charge is 0.231 e. The molecule has 0 saturated carbocycles. The number of halogens is 1. The highest BCUT2D eigenvalue weighted by Gasteiger charge is 2.29. The fraction of sp³-hybridized carbons (Fsp3) is 0.455. The van der Waals surface area contributed by atoms with E-state index in [9.17, 15) is 0 Å². The van der Waals surface area contributed by atoms with Crippen LogP contribution in [0, 0.1) is 0 Å². The van der Waals surface area contributed by atoms with Gasteiger partial charge >= 0.3 is 0 Å². The molecule has 1 heterocycles. The Bertz CT molecular complexity index is 426. The van der Waals surface area contributed by atoms with Gasteiger partial charge in [-0.25, -0.2) is 0 Å². The number of hydrogen-bond donors (Lipinski definition) is 1. The van der Waals surface area contributed by atoms with Crippen molar-refractivity contribution < 1.29 is 14.2 Å². The largest absolute Gasteiger partial charge is 0.495 e. The van der Waals surface area contributed by atoms with E-state index in [-0.39, 0.29) is 6.79 Å². The van der Waals surface area contributed by atoms with E-state index < -0.39 is 5.54 Å². The Hall–Kier alpha value is -0.940. The van der Waals surface area contributed by atoms with E-state index in [1.807, 2.05) is 19.9 Å². The molecule has 0 unspecified atom stereocenters. The number of nitrogens with two attached hydrogens (primary N) is 1. The molecule has 0 amide bonds. The predicted molar refractivity (Wildman–Crippen MR) is 64.0 cm³/mol. The Labute approximate surface area is 103 Å². The zero-order chi connectivity index (χ0) is 11.9. The van der Waals surface area contributed by atoms with Crippen molar-refractivity contribution in [2.75, 3.05) is 13.9 Å². The Morgan fingerprint density at radius 3 is 2.69 bits per heavy atom. The molecule has 1 aliphatic heterocycles. The maximum absolute atomic E-state index is 6.10. The molecule has 0 spiro atoms. The second-order valence-corrected chi connectivity index (χ2v) is 5.02. The first-order valence-corrected chi connectivity index (χ1v) is 5.70. The van der Waals surface area contributed by atoms with Crippen LogP contribution in [0.15, 0.2) is 10.5 Å². The molecule has 0 atom stereocenters.